The number of hydrogen-bond acceptors (Lipinski definition) is 2. The summed E-state index contributed by atoms with van der Waals surface area (Å²) in [6.07, 6.45) is 9.84. The van der Waals surface area contributed by atoms with E-state index in [1.807, 2.05) is 26.2 Å². The highest BCUT2D eigenvalue weighted by Gasteiger charge is 2.38. The molecule has 6 nitrogen and oxygen atoms in total. The maximum absolute atomic E-state index is 12.6. The van der Waals surface area contributed by atoms with Crippen LogP contribution in [0.15, 0.2) is 18.3 Å². The predicted molar refractivity (Wildman–Crippen MR) is 96.2 cm³/mol. The van der Waals surface area contributed by atoms with Gasteiger partial charge in [0.05, 0.1) is 12.2 Å². The van der Waals surface area contributed by atoms with Crippen molar-refractivity contribution in [2.75, 3.05) is 6.54 Å². The lowest BCUT2D eigenvalue weighted by Gasteiger charge is -2.27. The molecule has 0 radical (unpaired) electrons. The summed E-state index contributed by atoms with van der Waals surface area (Å²) in [5, 5.41) is 5.53. The summed E-state index contributed by atoms with van der Waals surface area (Å²) in [6.45, 7) is 2.90. The van der Waals surface area contributed by atoms with Crippen LogP contribution < -0.4 is 15.5 Å². The SMILES string of the molecule is C[C@H](C(=O)NC(=O)NC1CCCCC1)[NH+]1CCC[C@@H]1c1cccn1C. The number of rotatable bonds is 4. The largest absolute Gasteiger partial charge is 0.350 e. The Labute approximate surface area is 149 Å². The van der Waals surface area contributed by atoms with E-state index in [-0.39, 0.29) is 24.0 Å². The molecular weight excluding hydrogens is 316 g/mol. The molecule has 1 aliphatic carbocycles. The number of nitrogens with zero attached hydrogens (tertiary/aromatic N) is 1. The highest BCUT2D eigenvalue weighted by atomic mass is 16.2. The van der Waals surface area contributed by atoms with Crippen molar-refractivity contribution in [3.05, 3.63) is 24.0 Å². The van der Waals surface area contributed by atoms with E-state index in [2.05, 4.69) is 21.3 Å². The average Bonchev–Trinajstić information content (AvgIpc) is 3.23. The fourth-order valence-corrected chi connectivity index (χ4v) is 4.42. The summed E-state index contributed by atoms with van der Waals surface area (Å²) in [7, 11) is 2.05. The number of carbonyl (C=O) groups is 2. The lowest BCUT2D eigenvalue weighted by molar-refractivity contribution is -0.932. The lowest BCUT2D eigenvalue weighted by atomic mass is 9.96. The van der Waals surface area contributed by atoms with E-state index < -0.39 is 0 Å². The molecule has 1 saturated heterocycles. The van der Waals surface area contributed by atoms with Gasteiger partial charge in [-0.05, 0) is 31.9 Å². The molecule has 2 fully saturated rings. The third kappa shape index (κ3) is 4.24. The molecular formula is C19H31N4O2+. The van der Waals surface area contributed by atoms with E-state index >= 15 is 0 Å². The zero-order valence-corrected chi connectivity index (χ0v) is 15.4. The van der Waals surface area contributed by atoms with E-state index in [4.69, 9.17) is 0 Å². The van der Waals surface area contributed by atoms with Gasteiger partial charge in [-0.25, -0.2) is 4.79 Å². The molecule has 0 spiro atoms. The van der Waals surface area contributed by atoms with Crippen molar-refractivity contribution >= 4 is 11.9 Å². The van der Waals surface area contributed by atoms with Gasteiger partial charge in [0.15, 0.2) is 6.04 Å². The average molecular weight is 347 g/mol. The highest BCUT2D eigenvalue weighted by molar-refractivity contribution is 5.96. The Morgan fingerprint density at radius 1 is 1.20 bits per heavy atom. The van der Waals surface area contributed by atoms with Crippen molar-refractivity contribution in [1.29, 1.82) is 0 Å². The Hall–Kier alpha value is -1.82. The summed E-state index contributed by atoms with van der Waals surface area (Å²) in [5.74, 6) is -0.176. The van der Waals surface area contributed by atoms with Crippen molar-refractivity contribution in [2.45, 2.75) is 70.0 Å². The van der Waals surface area contributed by atoms with Gasteiger partial charge in [-0.1, -0.05) is 19.3 Å². The van der Waals surface area contributed by atoms with E-state index in [0.29, 0.717) is 6.04 Å². The number of aryl methyl sites for hydroxylation is 1. The van der Waals surface area contributed by atoms with E-state index in [0.717, 1.165) is 45.1 Å². The van der Waals surface area contributed by atoms with Crippen LogP contribution in [0.4, 0.5) is 4.79 Å². The van der Waals surface area contributed by atoms with Crippen LogP contribution in [0.1, 0.15) is 63.6 Å². The topological polar surface area (TPSA) is 67.6 Å². The van der Waals surface area contributed by atoms with Crippen LogP contribution in [0.5, 0.6) is 0 Å². The van der Waals surface area contributed by atoms with Gasteiger partial charge in [-0.2, -0.15) is 0 Å². The Morgan fingerprint density at radius 2 is 1.96 bits per heavy atom. The number of amides is 3. The molecule has 3 N–H and O–H groups in total. The molecule has 0 bridgehead atoms. The van der Waals surface area contributed by atoms with Gasteiger partial charge in [-0.3, -0.25) is 10.1 Å². The normalized spacial score (nSPS) is 25.5. The monoisotopic (exact) mass is 347 g/mol. The zero-order chi connectivity index (χ0) is 17.8. The number of imide groups is 1. The Kier molecular flexibility index (Phi) is 5.78. The van der Waals surface area contributed by atoms with Gasteiger partial charge in [-0.15, -0.1) is 0 Å². The van der Waals surface area contributed by atoms with Crippen LogP contribution in [0.25, 0.3) is 0 Å². The second-order valence-electron chi connectivity index (χ2n) is 7.58. The fraction of sp³-hybridized carbons (Fsp3) is 0.684. The van der Waals surface area contributed by atoms with Crippen molar-refractivity contribution in [3.8, 4) is 0 Å². The number of aromatic nitrogens is 1. The molecule has 0 aromatic carbocycles. The standard InChI is InChI=1S/C19H30N4O2/c1-14(18(24)21-19(25)20-15-8-4-3-5-9-15)23-13-7-11-17(23)16-10-6-12-22(16)2/h6,10,12,14-15,17H,3-5,7-9,11,13H2,1-2H3,(H2,20,21,24,25)/p+1/t14-,17-/m1/s1. The number of nitrogens with one attached hydrogen (secondary N) is 3. The third-order valence-electron chi connectivity index (χ3n) is 5.87. The van der Waals surface area contributed by atoms with Crippen LogP contribution in [-0.4, -0.2) is 35.1 Å². The van der Waals surface area contributed by atoms with Gasteiger partial charge in [0, 0.05) is 32.1 Å². The van der Waals surface area contributed by atoms with Crippen molar-refractivity contribution in [2.24, 2.45) is 7.05 Å². The quantitative estimate of drug-likeness (QED) is 0.768. The van der Waals surface area contributed by atoms with Gasteiger partial charge in [0.25, 0.3) is 5.91 Å². The van der Waals surface area contributed by atoms with Crippen LogP contribution >= 0.6 is 0 Å². The Morgan fingerprint density at radius 3 is 2.64 bits per heavy atom. The molecule has 2 aliphatic rings. The number of carbonyl (C=O) groups excluding carboxylic acids is 2. The van der Waals surface area contributed by atoms with Gasteiger partial charge in [0.2, 0.25) is 0 Å². The molecule has 3 rings (SSSR count). The number of likely N-dealkylation sites (tertiary alicyclic amines) is 1. The number of quaternary nitrogens is 1. The third-order valence-corrected chi connectivity index (χ3v) is 5.87. The van der Waals surface area contributed by atoms with Crippen molar-refractivity contribution < 1.29 is 14.5 Å². The highest BCUT2D eigenvalue weighted by Crippen LogP contribution is 2.20. The summed E-state index contributed by atoms with van der Waals surface area (Å²) >= 11 is 0. The molecule has 3 atom stereocenters. The van der Waals surface area contributed by atoms with E-state index in [9.17, 15) is 9.59 Å². The van der Waals surface area contributed by atoms with Gasteiger partial charge in [0.1, 0.15) is 6.04 Å². The molecule has 6 heteroatoms. The Bertz CT molecular complexity index is 606. The molecule has 3 amide bonds. The first kappa shape index (κ1) is 18.0. The fourth-order valence-electron chi connectivity index (χ4n) is 4.42. The van der Waals surface area contributed by atoms with Crippen molar-refractivity contribution in [1.82, 2.24) is 15.2 Å². The molecule has 138 valence electrons. The maximum Gasteiger partial charge on any atom is 0.321 e. The molecule has 1 saturated carbocycles. The maximum atomic E-state index is 12.6. The first-order valence-electron chi connectivity index (χ1n) is 9.64. The minimum Gasteiger partial charge on any atom is -0.350 e. The minimum absolute atomic E-state index is 0.176. The molecule has 25 heavy (non-hydrogen) atoms. The second-order valence-corrected chi connectivity index (χ2v) is 7.58. The second kappa shape index (κ2) is 8.04. The molecule has 1 unspecified atom stereocenters. The molecule has 1 aliphatic heterocycles. The molecule has 1 aromatic rings. The number of hydrogen-bond donors (Lipinski definition) is 3. The summed E-state index contributed by atoms with van der Waals surface area (Å²) in [6, 6.07) is 4.15. The van der Waals surface area contributed by atoms with Gasteiger partial charge < -0.3 is 14.8 Å². The first-order valence-corrected chi connectivity index (χ1v) is 9.64. The van der Waals surface area contributed by atoms with Gasteiger partial charge >= 0.3 is 6.03 Å². The Balaban J connectivity index is 1.56. The smallest absolute Gasteiger partial charge is 0.321 e. The zero-order valence-electron chi connectivity index (χ0n) is 15.4. The van der Waals surface area contributed by atoms with E-state index in [1.165, 1.54) is 17.0 Å². The number of urea groups is 1. The van der Waals surface area contributed by atoms with Crippen LogP contribution in [-0.2, 0) is 11.8 Å². The summed E-state index contributed by atoms with van der Waals surface area (Å²) in [4.78, 5) is 26.0. The lowest BCUT2D eigenvalue weighted by Crippen LogP contribution is -3.15. The van der Waals surface area contributed by atoms with Crippen molar-refractivity contribution in [3.63, 3.8) is 0 Å². The summed E-state index contributed by atoms with van der Waals surface area (Å²) < 4.78 is 2.14. The van der Waals surface area contributed by atoms with Crippen LogP contribution in [0.2, 0.25) is 0 Å². The predicted octanol–water partition coefficient (Wildman–Crippen LogP) is 1.29. The molecule has 2 heterocycles. The minimum atomic E-state index is -0.335. The van der Waals surface area contributed by atoms with Crippen LogP contribution in [0, 0.1) is 0 Å². The van der Waals surface area contributed by atoms with Crippen LogP contribution in [0.3, 0.4) is 0 Å². The first-order chi connectivity index (χ1) is 12.1. The molecule has 1 aromatic heterocycles. The van der Waals surface area contributed by atoms with E-state index in [1.54, 1.807) is 0 Å². The summed E-state index contributed by atoms with van der Waals surface area (Å²) in [5.41, 5.74) is 1.26.